The van der Waals surface area contributed by atoms with Crippen molar-refractivity contribution in [3.05, 3.63) is 35.9 Å². The third kappa shape index (κ3) is 2.35. The zero-order chi connectivity index (χ0) is 10.5. The van der Waals surface area contributed by atoms with Crippen molar-refractivity contribution in [1.29, 1.82) is 5.26 Å². The second kappa shape index (κ2) is 4.61. The molecule has 1 heterocycles. The Hall–Kier alpha value is -1.82. The molecule has 3 heteroatoms. The Morgan fingerprint density at radius 2 is 2.20 bits per heavy atom. The maximum Gasteiger partial charge on any atom is 0.133 e. The molecule has 0 spiro atoms. The van der Waals surface area contributed by atoms with Crippen LogP contribution in [0.4, 0.5) is 0 Å². The molecule has 1 aliphatic rings. The van der Waals surface area contributed by atoms with E-state index >= 15 is 0 Å². The molecular formula is C12H13N3. The molecule has 1 saturated heterocycles. The van der Waals surface area contributed by atoms with Crippen LogP contribution in [-0.2, 0) is 0 Å². The van der Waals surface area contributed by atoms with Crippen LogP contribution in [0.2, 0.25) is 0 Å². The number of benzene rings is 1. The smallest absolute Gasteiger partial charge is 0.133 e. The Labute approximate surface area is 89.6 Å². The molecule has 76 valence electrons. The molecule has 0 saturated carbocycles. The first kappa shape index (κ1) is 9.72. The molecule has 2 rings (SSSR count). The lowest BCUT2D eigenvalue weighted by atomic mass is 10.2. The van der Waals surface area contributed by atoms with Crippen LogP contribution in [0.3, 0.4) is 0 Å². The van der Waals surface area contributed by atoms with E-state index in [4.69, 9.17) is 5.26 Å². The van der Waals surface area contributed by atoms with Gasteiger partial charge in [0.15, 0.2) is 0 Å². The average Bonchev–Trinajstić information content (AvgIpc) is 2.75. The van der Waals surface area contributed by atoms with Crippen LogP contribution >= 0.6 is 0 Å². The van der Waals surface area contributed by atoms with Crippen molar-refractivity contribution >= 4 is 6.21 Å². The predicted molar refractivity (Wildman–Crippen MR) is 59.4 cm³/mol. The number of hydrogen-bond donors (Lipinski definition) is 0. The zero-order valence-electron chi connectivity index (χ0n) is 8.50. The lowest BCUT2D eigenvalue weighted by molar-refractivity contribution is 0.313. The summed E-state index contributed by atoms with van der Waals surface area (Å²) in [6.07, 6.45) is 3.81. The molecular weight excluding hydrogens is 186 g/mol. The van der Waals surface area contributed by atoms with Crippen LogP contribution in [0, 0.1) is 11.3 Å². The highest BCUT2D eigenvalue weighted by atomic mass is 15.5. The Morgan fingerprint density at radius 1 is 1.40 bits per heavy atom. The van der Waals surface area contributed by atoms with Crippen molar-refractivity contribution < 1.29 is 0 Å². The highest BCUT2D eigenvalue weighted by Crippen LogP contribution is 2.16. The van der Waals surface area contributed by atoms with Gasteiger partial charge in [-0.1, -0.05) is 30.3 Å². The molecule has 1 aromatic rings. The normalized spacial score (nSPS) is 20.7. The zero-order valence-corrected chi connectivity index (χ0v) is 8.50. The largest absolute Gasteiger partial charge is 0.280 e. The summed E-state index contributed by atoms with van der Waals surface area (Å²) in [6.45, 7) is 0.890. The minimum Gasteiger partial charge on any atom is -0.280 e. The summed E-state index contributed by atoms with van der Waals surface area (Å²) < 4.78 is 0. The third-order valence-electron chi connectivity index (χ3n) is 2.53. The molecule has 0 N–H and O–H groups in total. The monoisotopic (exact) mass is 199 g/mol. The molecule has 0 aliphatic carbocycles. The molecule has 0 amide bonds. The van der Waals surface area contributed by atoms with Gasteiger partial charge in [0.25, 0.3) is 0 Å². The van der Waals surface area contributed by atoms with Crippen LogP contribution in [0.15, 0.2) is 35.4 Å². The molecule has 1 aliphatic heterocycles. The van der Waals surface area contributed by atoms with E-state index in [1.165, 1.54) is 0 Å². The van der Waals surface area contributed by atoms with Crippen LogP contribution in [0.1, 0.15) is 18.4 Å². The first-order valence-corrected chi connectivity index (χ1v) is 5.15. The number of nitrogens with zero attached hydrogens (tertiary/aromatic N) is 3. The van der Waals surface area contributed by atoms with Crippen LogP contribution < -0.4 is 0 Å². The summed E-state index contributed by atoms with van der Waals surface area (Å²) >= 11 is 0. The van der Waals surface area contributed by atoms with E-state index < -0.39 is 0 Å². The van der Waals surface area contributed by atoms with E-state index in [1.807, 2.05) is 41.6 Å². The molecule has 1 fully saturated rings. The summed E-state index contributed by atoms with van der Waals surface area (Å²) in [4.78, 5) is 0. The second-order valence-electron chi connectivity index (χ2n) is 3.61. The van der Waals surface area contributed by atoms with Crippen molar-refractivity contribution in [3.8, 4) is 6.07 Å². The minimum absolute atomic E-state index is 0.0371. The fourth-order valence-corrected chi connectivity index (χ4v) is 1.70. The fourth-order valence-electron chi connectivity index (χ4n) is 1.70. The van der Waals surface area contributed by atoms with E-state index in [-0.39, 0.29) is 6.04 Å². The summed E-state index contributed by atoms with van der Waals surface area (Å²) in [5.74, 6) is 0. The summed E-state index contributed by atoms with van der Waals surface area (Å²) in [5, 5.41) is 15.1. The van der Waals surface area contributed by atoms with Crippen LogP contribution in [0.5, 0.6) is 0 Å². The number of hydrazone groups is 1. The topological polar surface area (TPSA) is 39.4 Å². The van der Waals surface area contributed by atoms with Gasteiger partial charge in [0.2, 0.25) is 0 Å². The lowest BCUT2D eigenvalue weighted by Crippen LogP contribution is -2.22. The summed E-state index contributed by atoms with van der Waals surface area (Å²) in [6, 6.07) is 12.2. The van der Waals surface area contributed by atoms with Crippen molar-refractivity contribution in [2.45, 2.75) is 18.9 Å². The van der Waals surface area contributed by atoms with Gasteiger partial charge in [-0.05, 0) is 18.4 Å². The van der Waals surface area contributed by atoms with E-state index in [9.17, 15) is 0 Å². The van der Waals surface area contributed by atoms with Gasteiger partial charge in [0, 0.05) is 6.54 Å². The predicted octanol–water partition coefficient (Wildman–Crippen LogP) is 2.01. The highest BCUT2D eigenvalue weighted by molar-refractivity contribution is 5.79. The van der Waals surface area contributed by atoms with E-state index in [0.717, 1.165) is 24.9 Å². The number of nitriles is 1. The maximum atomic E-state index is 8.87. The quantitative estimate of drug-likeness (QED) is 0.683. The molecule has 1 atom stereocenters. The van der Waals surface area contributed by atoms with Crippen molar-refractivity contribution in [3.63, 3.8) is 0 Å². The molecule has 1 unspecified atom stereocenters. The Kier molecular flexibility index (Phi) is 2.99. The molecule has 1 aromatic carbocycles. The van der Waals surface area contributed by atoms with Crippen molar-refractivity contribution in [2.75, 3.05) is 6.54 Å². The first-order chi connectivity index (χ1) is 7.40. The molecule has 0 aromatic heterocycles. The van der Waals surface area contributed by atoms with Gasteiger partial charge in [-0.15, -0.1) is 0 Å². The highest BCUT2D eigenvalue weighted by Gasteiger charge is 2.21. The fraction of sp³-hybridized carbons (Fsp3) is 0.333. The number of hydrogen-bond acceptors (Lipinski definition) is 3. The van der Waals surface area contributed by atoms with Crippen molar-refractivity contribution in [2.24, 2.45) is 5.10 Å². The Morgan fingerprint density at radius 3 is 2.93 bits per heavy atom. The molecule has 0 bridgehead atoms. The maximum absolute atomic E-state index is 8.87. The SMILES string of the molecule is N#CC1CCCN1/N=C/c1ccccc1. The summed E-state index contributed by atoms with van der Waals surface area (Å²) in [5.41, 5.74) is 1.07. The van der Waals surface area contributed by atoms with Gasteiger partial charge in [-0.2, -0.15) is 10.4 Å². The Bertz CT molecular complexity index is 378. The first-order valence-electron chi connectivity index (χ1n) is 5.15. The lowest BCUT2D eigenvalue weighted by Gasteiger charge is -2.14. The van der Waals surface area contributed by atoms with Gasteiger partial charge >= 0.3 is 0 Å². The standard InChI is InChI=1S/C12H13N3/c13-9-12-7-4-8-15(12)14-10-11-5-2-1-3-6-11/h1-3,5-6,10,12H,4,7-8H2/b14-10+. The Balaban J connectivity index is 2.03. The second-order valence-corrected chi connectivity index (χ2v) is 3.61. The third-order valence-corrected chi connectivity index (χ3v) is 2.53. The van der Waals surface area contributed by atoms with Gasteiger partial charge in [-0.3, -0.25) is 5.01 Å². The van der Waals surface area contributed by atoms with E-state index in [2.05, 4.69) is 11.2 Å². The van der Waals surface area contributed by atoms with E-state index in [1.54, 1.807) is 0 Å². The molecule has 15 heavy (non-hydrogen) atoms. The number of rotatable bonds is 2. The van der Waals surface area contributed by atoms with Crippen molar-refractivity contribution in [1.82, 2.24) is 5.01 Å². The van der Waals surface area contributed by atoms with Crippen LogP contribution in [0.25, 0.3) is 0 Å². The molecule has 0 radical (unpaired) electrons. The van der Waals surface area contributed by atoms with Crippen LogP contribution in [-0.4, -0.2) is 23.8 Å². The average molecular weight is 199 g/mol. The van der Waals surface area contributed by atoms with E-state index in [0.29, 0.717) is 0 Å². The molecule has 3 nitrogen and oxygen atoms in total. The van der Waals surface area contributed by atoms with Gasteiger partial charge in [0.1, 0.15) is 6.04 Å². The van der Waals surface area contributed by atoms with Gasteiger partial charge in [0.05, 0.1) is 12.3 Å². The van der Waals surface area contributed by atoms with Gasteiger partial charge in [-0.25, -0.2) is 0 Å². The summed E-state index contributed by atoms with van der Waals surface area (Å²) in [7, 11) is 0. The minimum atomic E-state index is -0.0371. The van der Waals surface area contributed by atoms with Gasteiger partial charge < -0.3 is 0 Å².